The van der Waals surface area contributed by atoms with Crippen LogP contribution in [0.3, 0.4) is 0 Å². The number of carbonyl (C=O) groups excluding carboxylic acids is 3. The van der Waals surface area contributed by atoms with Crippen LogP contribution in [0.1, 0.15) is 39.6 Å². The maximum Gasteiger partial charge on any atom is 0.251 e. The molecule has 7 heteroatoms. The summed E-state index contributed by atoms with van der Waals surface area (Å²) < 4.78 is 0. The molecular formula is C26H28N4O3. The fraction of sp³-hybridized carbons (Fsp3) is 0.192. The molecule has 4 N–H and O–H groups in total. The second-order valence-electron chi connectivity index (χ2n) is 7.48. The summed E-state index contributed by atoms with van der Waals surface area (Å²) in [4.78, 5) is 36.7. The van der Waals surface area contributed by atoms with E-state index < -0.39 is 0 Å². The van der Waals surface area contributed by atoms with Crippen LogP contribution in [0.5, 0.6) is 0 Å². The zero-order valence-corrected chi connectivity index (χ0v) is 18.6. The summed E-state index contributed by atoms with van der Waals surface area (Å²) >= 11 is 0. The van der Waals surface area contributed by atoms with Gasteiger partial charge in [0.1, 0.15) is 0 Å². The van der Waals surface area contributed by atoms with Crippen molar-refractivity contribution in [3.05, 3.63) is 95.6 Å². The molecule has 33 heavy (non-hydrogen) atoms. The summed E-state index contributed by atoms with van der Waals surface area (Å²) in [5.74, 6) is -0.577. The van der Waals surface area contributed by atoms with Gasteiger partial charge in [-0.2, -0.15) is 0 Å². The maximum atomic E-state index is 12.4. The average Bonchev–Trinajstić information content (AvgIpc) is 2.85. The molecule has 0 unspecified atom stereocenters. The topological polar surface area (TPSA) is 99.3 Å². The summed E-state index contributed by atoms with van der Waals surface area (Å²) in [7, 11) is 0. The van der Waals surface area contributed by atoms with E-state index in [2.05, 4.69) is 21.3 Å². The Morgan fingerprint density at radius 3 is 2.18 bits per heavy atom. The molecule has 0 aromatic heterocycles. The van der Waals surface area contributed by atoms with Crippen LogP contribution in [0.2, 0.25) is 0 Å². The summed E-state index contributed by atoms with van der Waals surface area (Å²) in [6.45, 7) is 3.11. The summed E-state index contributed by atoms with van der Waals surface area (Å²) in [6, 6.07) is 23.4. The van der Waals surface area contributed by atoms with Crippen molar-refractivity contribution in [2.45, 2.75) is 19.9 Å². The third-order valence-corrected chi connectivity index (χ3v) is 4.84. The van der Waals surface area contributed by atoms with E-state index in [4.69, 9.17) is 0 Å². The minimum atomic E-state index is -0.249. The van der Waals surface area contributed by atoms with Crippen molar-refractivity contribution in [3.8, 4) is 0 Å². The van der Waals surface area contributed by atoms with Crippen LogP contribution in [0.15, 0.2) is 78.9 Å². The lowest BCUT2D eigenvalue weighted by Crippen LogP contribution is -2.24. The third-order valence-electron chi connectivity index (χ3n) is 4.84. The van der Waals surface area contributed by atoms with Crippen LogP contribution in [0.25, 0.3) is 0 Å². The minimum Gasteiger partial charge on any atom is -0.376 e. The normalized spacial score (nSPS) is 10.2. The number of carbonyl (C=O) groups is 3. The highest BCUT2D eigenvalue weighted by molar-refractivity contribution is 5.98. The Morgan fingerprint density at radius 2 is 1.45 bits per heavy atom. The van der Waals surface area contributed by atoms with Crippen molar-refractivity contribution in [2.24, 2.45) is 0 Å². The molecule has 0 fully saturated rings. The van der Waals surface area contributed by atoms with Gasteiger partial charge in [-0.15, -0.1) is 0 Å². The molecule has 0 aliphatic rings. The average molecular weight is 445 g/mol. The summed E-state index contributed by atoms with van der Waals surface area (Å²) in [6.07, 6.45) is 0.877. The second-order valence-corrected chi connectivity index (χ2v) is 7.48. The van der Waals surface area contributed by atoms with Crippen molar-refractivity contribution in [3.63, 3.8) is 0 Å². The van der Waals surface area contributed by atoms with E-state index in [0.717, 1.165) is 17.7 Å². The van der Waals surface area contributed by atoms with E-state index in [0.29, 0.717) is 29.9 Å². The van der Waals surface area contributed by atoms with Gasteiger partial charge < -0.3 is 21.3 Å². The summed E-state index contributed by atoms with van der Waals surface area (Å²) in [5, 5.41) is 11.5. The molecule has 0 radical (unpaired) electrons. The molecule has 3 rings (SSSR count). The molecule has 7 nitrogen and oxygen atoms in total. The van der Waals surface area contributed by atoms with Gasteiger partial charge in [0, 0.05) is 35.6 Å². The van der Waals surface area contributed by atoms with E-state index in [9.17, 15) is 14.4 Å². The highest BCUT2D eigenvalue weighted by Gasteiger charge is 2.09. The van der Waals surface area contributed by atoms with Crippen LogP contribution in [-0.2, 0) is 11.3 Å². The molecule has 3 aromatic rings. The predicted octanol–water partition coefficient (Wildman–Crippen LogP) is 3.81. The number of amides is 3. The van der Waals surface area contributed by atoms with Crippen molar-refractivity contribution >= 4 is 29.1 Å². The van der Waals surface area contributed by atoms with Crippen molar-refractivity contribution in [1.82, 2.24) is 10.6 Å². The van der Waals surface area contributed by atoms with Gasteiger partial charge in [0.2, 0.25) is 5.91 Å². The van der Waals surface area contributed by atoms with Gasteiger partial charge in [0.05, 0.1) is 6.54 Å². The quantitative estimate of drug-likeness (QED) is 0.382. The largest absolute Gasteiger partial charge is 0.376 e. The minimum absolute atomic E-state index is 0.0474. The molecule has 3 aromatic carbocycles. The molecule has 0 heterocycles. The summed E-state index contributed by atoms with van der Waals surface area (Å²) in [5.41, 5.74) is 3.31. The number of benzene rings is 3. The van der Waals surface area contributed by atoms with E-state index in [-0.39, 0.29) is 24.3 Å². The lowest BCUT2D eigenvalue weighted by molar-refractivity contribution is -0.114. The van der Waals surface area contributed by atoms with E-state index in [1.54, 1.807) is 48.5 Å². The molecule has 170 valence electrons. The fourth-order valence-electron chi connectivity index (χ4n) is 3.09. The van der Waals surface area contributed by atoms with Gasteiger partial charge in [-0.1, -0.05) is 43.3 Å². The Bertz CT molecular complexity index is 1080. The second kappa shape index (κ2) is 12.0. The van der Waals surface area contributed by atoms with Crippen LogP contribution in [-0.4, -0.2) is 30.8 Å². The number of hydrogen-bond donors (Lipinski definition) is 4. The standard InChI is InChI=1S/C26H28N4O3/c1-2-15-27-25(32)20-11-13-22(14-12-20)28-18-24(31)30-23-10-6-9-21(16-23)26(33)29-17-19-7-4-3-5-8-19/h3-14,16,28H,2,15,17-18H2,1H3,(H,27,32)(H,29,33)(H,30,31). The Morgan fingerprint density at radius 1 is 0.727 bits per heavy atom. The van der Waals surface area contributed by atoms with Crippen LogP contribution >= 0.6 is 0 Å². The molecular weight excluding hydrogens is 416 g/mol. The van der Waals surface area contributed by atoms with Gasteiger partial charge in [0.25, 0.3) is 11.8 Å². The SMILES string of the molecule is CCCNC(=O)c1ccc(NCC(=O)Nc2cccc(C(=O)NCc3ccccc3)c2)cc1. The number of anilines is 2. The van der Waals surface area contributed by atoms with Gasteiger partial charge >= 0.3 is 0 Å². The molecule has 0 saturated heterocycles. The predicted molar refractivity (Wildman–Crippen MR) is 130 cm³/mol. The van der Waals surface area contributed by atoms with Gasteiger partial charge in [0.15, 0.2) is 0 Å². The van der Waals surface area contributed by atoms with Crippen LogP contribution < -0.4 is 21.3 Å². The van der Waals surface area contributed by atoms with Gasteiger partial charge in [-0.25, -0.2) is 0 Å². The molecule has 0 atom stereocenters. The Balaban J connectivity index is 1.48. The molecule has 0 aliphatic heterocycles. The number of rotatable bonds is 10. The van der Waals surface area contributed by atoms with E-state index >= 15 is 0 Å². The third kappa shape index (κ3) is 7.50. The molecule has 0 spiro atoms. The molecule has 0 saturated carbocycles. The first kappa shape index (κ1) is 23.5. The number of nitrogens with one attached hydrogen (secondary N) is 4. The van der Waals surface area contributed by atoms with Crippen LogP contribution in [0.4, 0.5) is 11.4 Å². The number of hydrogen-bond acceptors (Lipinski definition) is 4. The van der Waals surface area contributed by atoms with Crippen LogP contribution in [0, 0.1) is 0 Å². The van der Waals surface area contributed by atoms with Gasteiger partial charge in [-0.3, -0.25) is 14.4 Å². The molecule has 0 aliphatic carbocycles. The first-order chi connectivity index (χ1) is 16.0. The Kier molecular flexibility index (Phi) is 8.59. The Hall–Kier alpha value is -4.13. The van der Waals surface area contributed by atoms with Gasteiger partial charge in [-0.05, 0) is 54.4 Å². The van der Waals surface area contributed by atoms with E-state index in [1.807, 2.05) is 37.3 Å². The first-order valence-electron chi connectivity index (χ1n) is 10.9. The maximum absolute atomic E-state index is 12.4. The molecule has 3 amide bonds. The highest BCUT2D eigenvalue weighted by Crippen LogP contribution is 2.12. The lowest BCUT2D eigenvalue weighted by Gasteiger charge is -2.10. The van der Waals surface area contributed by atoms with Crippen molar-refractivity contribution in [1.29, 1.82) is 0 Å². The smallest absolute Gasteiger partial charge is 0.251 e. The highest BCUT2D eigenvalue weighted by atomic mass is 16.2. The first-order valence-corrected chi connectivity index (χ1v) is 10.9. The monoisotopic (exact) mass is 444 g/mol. The van der Waals surface area contributed by atoms with Crippen molar-refractivity contribution < 1.29 is 14.4 Å². The van der Waals surface area contributed by atoms with E-state index in [1.165, 1.54) is 0 Å². The Labute approximate surface area is 193 Å². The van der Waals surface area contributed by atoms with Crippen molar-refractivity contribution in [2.75, 3.05) is 23.7 Å². The molecule has 0 bridgehead atoms. The zero-order valence-electron chi connectivity index (χ0n) is 18.6. The lowest BCUT2D eigenvalue weighted by atomic mass is 10.1. The fourth-order valence-corrected chi connectivity index (χ4v) is 3.09. The zero-order chi connectivity index (χ0) is 23.5.